The van der Waals surface area contributed by atoms with E-state index < -0.39 is 0 Å². The molecule has 2 nitrogen and oxygen atoms in total. The molecule has 1 fully saturated rings. The second-order valence-electron chi connectivity index (χ2n) is 6.53. The number of nitrogens with zero attached hydrogens (tertiary/aromatic N) is 1. The number of piperazine rings is 1. The topological polar surface area (TPSA) is 15.3 Å². The number of hydrogen-bond acceptors (Lipinski definition) is 2. The summed E-state index contributed by atoms with van der Waals surface area (Å²) in [7, 11) is 0. The van der Waals surface area contributed by atoms with Crippen molar-refractivity contribution in [1.82, 2.24) is 10.2 Å². The van der Waals surface area contributed by atoms with Gasteiger partial charge in [0, 0.05) is 25.2 Å². The van der Waals surface area contributed by atoms with Crippen molar-refractivity contribution in [3.05, 3.63) is 35.9 Å². The molecule has 0 radical (unpaired) electrons. The summed E-state index contributed by atoms with van der Waals surface area (Å²) in [5.41, 5.74) is 1.43. The van der Waals surface area contributed by atoms with Crippen molar-refractivity contribution in [2.24, 2.45) is 5.92 Å². The summed E-state index contributed by atoms with van der Waals surface area (Å²) in [4.78, 5) is 2.75. The SMILES string of the molecule is CCCCCN1CC(c2ccccc2)NCC1C(C)CC. The smallest absolute Gasteiger partial charge is 0.0449 e. The molecule has 0 bridgehead atoms. The van der Waals surface area contributed by atoms with Crippen LogP contribution in [0.2, 0.25) is 0 Å². The van der Waals surface area contributed by atoms with Crippen molar-refractivity contribution in [3.8, 4) is 0 Å². The summed E-state index contributed by atoms with van der Waals surface area (Å²) >= 11 is 0. The molecule has 118 valence electrons. The molecule has 0 spiro atoms. The van der Waals surface area contributed by atoms with Crippen LogP contribution in [0.15, 0.2) is 30.3 Å². The van der Waals surface area contributed by atoms with Gasteiger partial charge in [0.2, 0.25) is 0 Å². The van der Waals surface area contributed by atoms with Crippen LogP contribution in [-0.4, -0.2) is 30.6 Å². The van der Waals surface area contributed by atoms with E-state index in [0.29, 0.717) is 12.1 Å². The normalized spacial score (nSPS) is 24.9. The quantitative estimate of drug-likeness (QED) is 0.755. The molecule has 1 aliphatic rings. The van der Waals surface area contributed by atoms with Crippen LogP contribution in [0.4, 0.5) is 0 Å². The average molecular weight is 288 g/mol. The highest BCUT2D eigenvalue weighted by molar-refractivity contribution is 5.20. The third-order valence-electron chi connectivity index (χ3n) is 5.01. The Bertz CT molecular complexity index is 390. The van der Waals surface area contributed by atoms with E-state index in [1.165, 1.54) is 37.8 Å². The zero-order valence-corrected chi connectivity index (χ0v) is 14.0. The highest BCUT2D eigenvalue weighted by atomic mass is 15.2. The minimum absolute atomic E-state index is 0.494. The summed E-state index contributed by atoms with van der Waals surface area (Å²) in [6, 6.07) is 12.1. The van der Waals surface area contributed by atoms with E-state index in [4.69, 9.17) is 0 Å². The molecule has 0 saturated carbocycles. The Hall–Kier alpha value is -0.860. The fourth-order valence-electron chi connectivity index (χ4n) is 3.39. The average Bonchev–Trinajstić information content (AvgIpc) is 2.55. The summed E-state index contributed by atoms with van der Waals surface area (Å²) < 4.78 is 0. The zero-order chi connectivity index (χ0) is 15.1. The first-order valence-corrected chi connectivity index (χ1v) is 8.78. The summed E-state index contributed by atoms with van der Waals surface area (Å²) in [6.07, 6.45) is 5.27. The molecule has 1 aromatic carbocycles. The van der Waals surface area contributed by atoms with Gasteiger partial charge in [-0.05, 0) is 24.4 Å². The maximum atomic E-state index is 3.78. The molecule has 0 aliphatic carbocycles. The van der Waals surface area contributed by atoms with Gasteiger partial charge in [0.25, 0.3) is 0 Å². The van der Waals surface area contributed by atoms with Crippen molar-refractivity contribution >= 4 is 0 Å². The molecule has 3 unspecified atom stereocenters. The van der Waals surface area contributed by atoms with E-state index in [-0.39, 0.29) is 0 Å². The third-order valence-corrected chi connectivity index (χ3v) is 5.01. The lowest BCUT2D eigenvalue weighted by atomic mass is 9.92. The van der Waals surface area contributed by atoms with Crippen LogP contribution in [-0.2, 0) is 0 Å². The maximum absolute atomic E-state index is 3.78. The van der Waals surface area contributed by atoms with Crippen molar-refractivity contribution < 1.29 is 0 Å². The largest absolute Gasteiger partial charge is 0.307 e. The lowest BCUT2D eigenvalue weighted by Gasteiger charge is -2.43. The standard InChI is InChI=1S/C19H32N2/c1-4-6-10-13-21-15-18(17-11-8-7-9-12-17)20-14-19(21)16(3)5-2/h7-9,11-12,16,18-20H,4-6,10,13-15H2,1-3H3. The Morgan fingerprint density at radius 2 is 1.95 bits per heavy atom. The lowest BCUT2D eigenvalue weighted by Crippen LogP contribution is -2.55. The van der Waals surface area contributed by atoms with Gasteiger partial charge in [-0.2, -0.15) is 0 Å². The van der Waals surface area contributed by atoms with Gasteiger partial charge in [0.05, 0.1) is 0 Å². The summed E-state index contributed by atoms with van der Waals surface area (Å²) in [6.45, 7) is 10.5. The van der Waals surface area contributed by atoms with E-state index in [1.54, 1.807) is 0 Å². The van der Waals surface area contributed by atoms with Crippen LogP contribution in [0.5, 0.6) is 0 Å². The van der Waals surface area contributed by atoms with Crippen LogP contribution in [0.3, 0.4) is 0 Å². The number of unbranched alkanes of at least 4 members (excludes halogenated alkanes) is 2. The molecule has 2 rings (SSSR count). The van der Waals surface area contributed by atoms with E-state index in [2.05, 4.69) is 61.3 Å². The van der Waals surface area contributed by atoms with Crippen molar-refractivity contribution in [2.75, 3.05) is 19.6 Å². The van der Waals surface area contributed by atoms with Crippen LogP contribution in [0, 0.1) is 5.92 Å². The Balaban J connectivity index is 2.01. The van der Waals surface area contributed by atoms with E-state index in [9.17, 15) is 0 Å². The predicted octanol–water partition coefficient (Wildman–Crippen LogP) is 4.24. The second kappa shape index (κ2) is 8.55. The van der Waals surface area contributed by atoms with Crippen LogP contribution in [0.25, 0.3) is 0 Å². The fourth-order valence-corrected chi connectivity index (χ4v) is 3.39. The number of rotatable bonds is 7. The molecule has 0 aromatic heterocycles. The molecule has 0 amide bonds. The predicted molar refractivity (Wildman–Crippen MR) is 91.5 cm³/mol. The number of hydrogen-bond donors (Lipinski definition) is 1. The monoisotopic (exact) mass is 288 g/mol. The van der Waals surface area contributed by atoms with Gasteiger partial charge in [0.15, 0.2) is 0 Å². The minimum atomic E-state index is 0.494. The fraction of sp³-hybridized carbons (Fsp3) is 0.684. The molecule has 1 N–H and O–H groups in total. The second-order valence-corrected chi connectivity index (χ2v) is 6.53. The van der Waals surface area contributed by atoms with Gasteiger partial charge in [-0.25, -0.2) is 0 Å². The van der Waals surface area contributed by atoms with Crippen molar-refractivity contribution in [2.45, 2.75) is 58.5 Å². The van der Waals surface area contributed by atoms with Gasteiger partial charge in [-0.1, -0.05) is 70.4 Å². The van der Waals surface area contributed by atoms with E-state index in [1.807, 2.05) is 0 Å². The minimum Gasteiger partial charge on any atom is -0.307 e. The molecule has 1 aromatic rings. The Morgan fingerprint density at radius 1 is 1.19 bits per heavy atom. The first-order chi connectivity index (χ1) is 10.3. The summed E-state index contributed by atoms with van der Waals surface area (Å²) in [5, 5.41) is 3.78. The van der Waals surface area contributed by atoms with Crippen molar-refractivity contribution in [1.29, 1.82) is 0 Å². The Kier molecular flexibility index (Phi) is 6.72. The van der Waals surface area contributed by atoms with Crippen LogP contribution >= 0.6 is 0 Å². The van der Waals surface area contributed by atoms with Gasteiger partial charge < -0.3 is 5.32 Å². The third kappa shape index (κ3) is 4.55. The molecule has 1 aliphatic heterocycles. The van der Waals surface area contributed by atoms with Crippen LogP contribution < -0.4 is 5.32 Å². The molecular weight excluding hydrogens is 256 g/mol. The van der Waals surface area contributed by atoms with Crippen LogP contribution in [0.1, 0.15) is 58.1 Å². The molecular formula is C19H32N2. The molecule has 1 saturated heterocycles. The lowest BCUT2D eigenvalue weighted by molar-refractivity contribution is 0.0895. The highest BCUT2D eigenvalue weighted by Crippen LogP contribution is 2.25. The first kappa shape index (κ1) is 16.5. The summed E-state index contributed by atoms with van der Waals surface area (Å²) in [5.74, 6) is 0.774. The molecule has 2 heteroatoms. The van der Waals surface area contributed by atoms with Gasteiger partial charge in [-0.15, -0.1) is 0 Å². The van der Waals surface area contributed by atoms with E-state index >= 15 is 0 Å². The Morgan fingerprint density at radius 3 is 2.62 bits per heavy atom. The first-order valence-electron chi connectivity index (χ1n) is 8.78. The number of benzene rings is 1. The van der Waals surface area contributed by atoms with Gasteiger partial charge in [0.1, 0.15) is 0 Å². The Labute approximate surface area is 130 Å². The van der Waals surface area contributed by atoms with Gasteiger partial charge >= 0.3 is 0 Å². The molecule has 3 atom stereocenters. The zero-order valence-electron chi connectivity index (χ0n) is 14.0. The number of nitrogens with one attached hydrogen (secondary N) is 1. The van der Waals surface area contributed by atoms with Gasteiger partial charge in [-0.3, -0.25) is 4.90 Å². The highest BCUT2D eigenvalue weighted by Gasteiger charge is 2.30. The molecule has 21 heavy (non-hydrogen) atoms. The van der Waals surface area contributed by atoms with Crippen molar-refractivity contribution in [3.63, 3.8) is 0 Å². The van der Waals surface area contributed by atoms with E-state index in [0.717, 1.165) is 19.0 Å². The maximum Gasteiger partial charge on any atom is 0.0449 e. The molecule has 1 heterocycles.